The van der Waals surface area contributed by atoms with Crippen LogP contribution in [-0.4, -0.2) is 164 Å². The van der Waals surface area contributed by atoms with Crippen molar-refractivity contribution in [2.45, 2.75) is 151 Å². The van der Waals surface area contributed by atoms with E-state index in [-0.39, 0.29) is 31.4 Å². The summed E-state index contributed by atoms with van der Waals surface area (Å²) >= 11 is 0. The first-order valence-electron chi connectivity index (χ1n) is 39.5. The molecule has 13 aromatic rings. The Labute approximate surface area is 734 Å². The van der Waals surface area contributed by atoms with E-state index < -0.39 is 64.5 Å². The summed E-state index contributed by atoms with van der Waals surface area (Å²) in [6.07, 6.45) is 36.8. The topological polar surface area (TPSA) is 443 Å². The van der Waals surface area contributed by atoms with Crippen LogP contribution in [0.5, 0.6) is 0 Å². The molecule has 0 aliphatic carbocycles. The number of hydrogen-bond donors (Lipinski definition) is 5. The number of carbonyl (C=O) groups excluding carboxylic acids is 9. The van der Waals surface area contributed by atoms with Gasteiger partial charge < -0.3 is 49.9 Å². The molecule has 0 spiro atoms. The number of hydrogen-bond acceptors (Lipinski definition) is 25. The molecule has 0 atom stereocenters. The molecule has 0 bridgehead atoms. The number of aromatic amines is 1. The number of aldehydes is 2. The van der Waals surface area contributed by atoms with Crippen LogP contribution in [0.1, 0.15) is 148 Å². The van der Waals surface area contributed by atoms with Gasteiger partial charge in [0.25, 0.3) is 0 Å². The minimum Gasteiger partial charge on any atom is -0.443 e. The Bertz CT molecular complexity index is 5860. The van der Waals surface area contributed by atoms with Crippen LogP contribution in [-0.2, 0) is 48.2 Å². The fourth-order valence-corrected chi connectivity index (χ4v) is 11.2. The molecule has 0 fully saturated rings. The van der Waals surface area contributed by atoms with Gasteiger partial charge in [0.15, 0.2) is 18.8 Å². The van der Waals surface area contributed by atoms with Crippen LogP contribution in [0, 0.1) is 11.5 Å². The smallest absolute Gasteiger partial charge is 0.419 e. The molecule has 13 heterocycles. The number of imidazole rings is 1. The number of ether oxygens (including phenoxy) is 5. The number of pyridine rings is 6. The molecule has 13 aromatic heterocycles. The molecule has 3 amide bonds. The van der Waals surface area contributed by atoms with Crippen molar-refractivity contribution in [1.29, 1.82) is 5.26 Å². The molecule has 0 saturated carbocycles. The lowest BCUT2D eigenvalue weighted by molar-refractivity contribution is 0.0521. The Balaban J connectivity index is 0.000000190. The Hall–Kier alpha value is -15.9. The lowest BCUT2D eigenvalue weighted by Gasteiger charge is -2.20. The number of oxime groups is 1. The first-order valence-corrected chi connectivity index (χ1v) is 39.5. The first kappa shape index (κ1) is 96.6. The van der Waals surface area contributed by atoms with Crippen molar-refractivity contribution in [2.24, 2.45) is 10.9 Å². The third-order valence-electron chi connectivity index (χ3n) is 16.6. The molecule has 0 radical (unpaired) electrons. The lowest BCUT2D eigenvalue weighted by atomic mass is 10.1. The van der Waals surface area contributed by atoms with E-state index in [2.05, 4.69) is 55.7 Å². The number of carbonyl (C=O) groups is 9. The van der Waals surface area contributed by atoms with Gasteiger partial charge in [-0.3, -0.25) is 62.3 Å². The van der Waals surface area contributed by atoms with Crippen LogP contribution in [0.4, 0.5) is 33.6 Å². The number of nitriles is 1. The van der Waals surface area contributed by atoms with Crippen molar-refractivity contribution in [2.75, 3.05) is 7.11 Å². The molecule has 6 N–H and O–H groups in total. The van der Waals surface area contributed by atoms with Crippen molar-refractivity contribution in [1.82, 2.24) is 83.2 Å². The van der Waals surface area contributed by atoms with E-state index >= 15 is 0 Å². The second-order valence-electron chi connectivity index (χ2n) is 32.4. The van der Waals surface area contributed by atoms with E-state index in [1.807, 2.05) is 144 Å². The Morgan fingerprint density at radius 2 is 0.724 bits per heavy atom. The summed E-state index contributed by atoms with van der Waals surface area (Å²) in [5.41, 5.74) is 16.8. The zero-order valence-corrected chi connectivity index (χ0v) is 73.3. The quantitative estimate of drug-likeness (QED) is 0.0159. The SMILES string of the molecule is CC(C)(C)OC(=O)n1cc(-c2ccncc2)cc1C=O.CC(C)(C)OC(=O)n1cc(-c2ccncc2)cc1CN.CC(C)(C)OC(=O)n1cc(-c2ccncc2)cc1CNC(=O)NC#N.CC(C)(C)OC(=O)n1cc(-c2ccncc2)cc1CNC(=O)n1ccnc1.CO/N=C/c1cc(-c2ccncc2)cn1C(=O)OC(C)(C)C.O=Cc1cc(-c2ccncc2)c[nH]1. The molecular formula is C92H102N20O15. The summed E-state index contributed by atoms with van der Waals surface area (Å²) in [6.45, 7) is 27.5. The number of amides is 3. The number of urea groups is 1. The molecule has 0 unspecified atom stereocenters. The molecule has 660 valence electrons. The van der Waals surface area contributed by atoms with Gasteiger partial charge in [0.1, 0.15) is 41.4 Å². The van der Waals surface area contributed by atoms with Crippen LogP contribution in [0.15, 0.2) is 245 Å². The van der Waals surface area contributed by atoms with Gasteiger partial charge in [0.2, 0.25) is 0 Å². The van der Waals surface area contributed by atoms with E-state index in [1.165, 1.54) is 59.4 Å². The molecule has 35 nitrogen and oxygen atoms in total. The normalized spacial score (nSPS) is 11.1. The van der Waals surface area contributed by atoms with Crippen LogP contribution < -0.4 is 21.7 Å². The van der Waals surface area contributed by atoms with Crippen molar-refractivity contribution in [3.8, 4) is 73.0 Å². The van der Waals surface area contributed by atoms with E-state index in [0.29, 0.717) is 34.8 Å². The average Bonchev–Trinajstić information content (AvgIpc) is 1.70. The summed E-state index contributed by atoms with van der Waals surface area (Å²) in [5.74, 6) is 0. The molecule has 127 heavy (non-hydrogen) atoms. The van der Waals surface area contributed by atoms with Gasteiger partial charge in [0, 0.05) is 175 Å². The number of aromatic nitrogens is 14. The number of nitrogens with zero attached hydrogens (tertiary/aromatic N) is 15. The second-order valence-corrected chi connectivity index (χ2v) is 32.4. The van der Waals surface area contributed by atoms with E-state index in [1.54, 1.807) is 192 Å². The standard InChI is InChI=1S/C19H21N5O3.C17H19N5O3.C16H19N3O3.C15H19N3O2.C15H16N2O3.C10H8N2O/c1-19(2,3)27-18(26)24-12-15(14-4-6-20-7-5-14)10-16(24)11-22-17(25)23-9-8-21-13-23;1-17(2,3)25-16(24)22-10-13(12-4-6-19-7-5-12)8-14(22)9-20-15(23)21-11-18;1-16(2,3)22-15(20)19-11-13(9-14(19)10-18-21-4)12-5-7-17-8-6-12;1-15(2,3)20-14(19)18-10-12(8-13(18)9-16)11-4-6-17-7-5-11;1-15(2,3)20-14(19)17-9-12(8-13(17)10-18)11-4-6-16-7-5-11;13-7-10-5-9(6-12-10)8-1-3-11-4-2-8/h4-10,12-13H,11H2,1-3H3,(H,22,25);4-8,10H,9H2,1-3H3,(H2,20,21,23);5-11H,1-4H3;4-8,10H,9,16H2,1-3H3;4-10H,1-3H3;1-7,12H/b;;18-10+;;;. The van der Waals surface area contributed by atoms with Gasteiger partial charge in [-0.2, -0.15) is 5.26 Å². The Kier molecular flexibility index (Phi) is 34.1. The van der Waals surface area contributed by atoms with Gasteiger partial charge in [-0.1, -0.05) is 5.16 Å². The van der Waals surface area contributed by atoms with Crippen molar-refractivity contribution < 1.29 is 71.7 Å². The Morgan fingerprint density at radius 1 is 0.409 bits per heavy atom. The summed E-state index contributed by atoms with van der Waals surface area (Å²) in [7, 11) is 1.45. The highest BCUT2D eigenvalue weighted by atomic mass is 16.6. The summed E-state index contributed by atoms with van der Waals surface area (Å²) in [5, 5.41) is 19.4. The largest absolute Gasteiger partial charge is 0.443 e. The minimum atomic E-state index is -0.652. The van der Waals surface area contributed by atoms with E-state index in [0.717, 1.165) is 73.0 Å². The highest BCUT2D eigenvalue weighted by Crippen LogP contribution is 2.29. The van der Waals surface area contributed by atoms with Crippen LogP contribution >= 0.6 is 0 Å². The molecular weight excluding hydrogens is 1630 g/mol. The van der Waals surface area contributed by atoms with Crippen LogP contribution in [0.3, 0.4) is 0 Å². The molecule has 13 rings (SSSR count). The molecule has 0 aliphatic heterocycles. The molecule has 0 saturated heterocycles. The van der Waals surface area contributed by atoms with Gasteiger partial charge in [-0.05, 0) is 252 Å². The van der Waals surface area contributed by atoms with Crippen molar-refractivity contribution >= 4 is 61.3 Å². The predicted octanol–water partition coefficient (Wildman–Crippen LogP) is 17.0. The maximum Gasteiger partial charge on any atom is 0.419 e. The molecule has 35 heteroatoms. The van der Waals surface area contributed by atoms with Crippen molar-refractivity contribution in [3.63, 3.8) is 0 Å². The third kappa shape index (κ3) is 30.9. The second kappa shape index (κ2) is 44.8. The van der Waals surface area contributed by atoms with Crippen molar-refractivity contribution in [3.05, 3.63) is 274 Å². The summed E-state index contributed by atoms with van der Waals surface area (Å²) < 4.78 is 35.1. The van der Waals surface area contributed by atoms with E-state index in [4.69, 9.17) is 39.5 Å². The number of H-pyrrole nitrogens is 1. The Morgan fingerprint density at radius 3 is 1.04 bits per heavy atom. The van der Waals surface area contributed by atoms with Crippen LogP contribution in [0.25, 0.3) is 66.8 Å². The van der Waals surface area contributed by atoms with Gasteiger partial charge in [-0.25, -0.2) is 48.4 Å². The van der Waals surface area contributed by atoms with E-state index in [9.17, 15) is 43.2 Å². The first-order chi connectivity index (χ1) is 60.2. The minimum absolute atomic E-state index is 0.0534. The number of nitrogens with one attached hydrogen (secondary N) is 4. The average molecular weight is 1730 g/mol. The molecule has 0 aromatic carbocycles. The van der Waals surface area contributed by atoms with Gasteiger partial charge in [-0.15, -0.1) is 0 Å². The third-order valence-corrected chi connectivity index (χ3v) is 16.6. The molecule has 0 aliphatic rings. The highest BCUT2D eigenvalue weighted by Gasteiger charge is 2.27. The summed E-state index contributed by atoms with van der Waals surface area (Å²) in [4.78, 5) is 142. The highest BCUT2D eigenvalue weighted by molar-refractivity contribution is 5.89. The number of rotatable bonds is 15. The predicted molar refractivity (Wildman–Crippen MR) is 475 cm³/mol. The fraction of sp³-hybridized carbons (Fsp3) is 0.261. The monoisotopic (exact) mass is 1730 g/mol. The van der Waals surface area contributed by atoms with Gasteiger partial charge >= 0.3 is 42.5 Å². The van der Waals surface area contributed by atoms with Gasteiger partial charge in [0.05, 0.1) is 36.4 Å². The summed E-state index contributed by atoms with van der Waals surface area (Å²) in [6, 6.07) is 32.0. The maximum atomic E-state index is 12.6. The lowest BCUT2D eigenvalue weighted by Crippen LogP contribution is -2.33. The number of nitrogens with two attached hydrogens (primary N) is 1. The zero-order valence-electron chi connectivity index (χ0n) is 73.3. The fourth-order valence-electron chi connectivity index (χ4n) is 11.2. The van der Waals surface area contributed by atoms with Crippen LogP contribution in [0.2, 0.25) is 0 Å². The maximum absolute atomic E-state index is 12.6. The zero-order chi connectivity index (χ0) is 92.7.